The molecule has 2 aromatic carbocycles. The second-order valence-corrected chi connectivity index (χ2v) is 9.91. The summed E-state index contributed by atoms with van der Waals surface area (Å²) in [4.78, 5) is 30.9. The number of amides is 1. The maximum absolute atomic E-state index is 13.2. The Labute approximate surface area is 211 Å². The van der Waals surface area contributed by atoms with Crippen molar-refractivity contribution in [3.63, 3.8) is 0 Å². The largest absolute Gasteiger partial charge is 0.351 e. The Bertz CT molecular complexity index is 1430. The number of rotatable bonds is 3. The van der Waals surface area contributed by atoms with Gasteiger partial charge in [0, 0.05) is 55.6 Å². The maximum Gasteiger partial charge on any atom is 0.253 e. The fourth-order valence-electron chi connectivity index (χ4n) is 5.45. The molecule has 0 bridgehead atoms. The van der Waals surface area contributed by atoms with Crippen LogP contribution < -0.4 is 10.6 Å². The van der Waals surface area contributed by atoms with Crippen LogP contribution in [-0.4, -0.2) is 51.4 Å². The number of benzene rings is 2. The first kappa shape index (κ1) is 22.6. The zero-order chi connectivity index (χ0) is 24.6. The minimum absolute atomic E-state index is 0.104. The van der Waals surface area contributed by atoms with E-state index in [1.165, 1.54) is 11.1 Å². The van der Waals surface area contributed by atoms with Gasteiger partial charge in [-0.05, 0) is 90.4 Å². The summed E-state index contributed by atoms with van der Waals surface area (Å²) in [5, 5.41) is 1.05. The van der Waals surface area contributed by atoms with Crippen LogP contribution in [-0.2, 0) is 13.0 Å². The van der Waals surface area contributed by atoms with Crippen molar-refractivity contribution in [3.05, 3.63) is 83.4 Å². The summed E-state index contributed by atoms with van der Waals surface area (Å²) < 4.78 is 0. The van der Waals surface area contributed by atoms with Gasteiger partial charge in [0.2, 0.25) is 0 Å². The number of anilines is 1. The average molecular weight is 479 g/mol. The number of aromatic nitrogens is 3. The van der Waals surface area contributed by atoms with Crippen molar-refractivity contribution in [1.82, 2.24) is 19.9 Å². The van der Waals surface area contributed by atoms with Gasteiger partial charge in [0.1, 0.15) is 12.1 Å². The summed E-state index contributed by atoms with van der Waals surface area (Å²) in [5.41, 5.74) is 13.6. The molecule has 4 aromatic rings. The van der Waals surface area contributed by atoms with Crippen LogP contribution in [0.15, 0.2) is 61.2 Å². The Morgan fingerprint density at radius 1 is 0.944 bits per heavy atom. The number of pyridine rings is 1. The molecule has 2 aromatic heterocycles. The van der Waals surface area contributed by atoms with Gasteiger partial charge >= 0.3 is 0 Å². The molecular weight excluding hydrogens is 448 g/mol. The maximum atomic E-state index is 13.2. The van der Waals surface area contributed by atoms with Crippen molar-refractivity contribution in [2.45, 2.75) is 38.8 Å². The minimum atomic E-state index is 0.104. The van der Waals surface area contributed by atoms with Crippen LogP contribution in [0.5, 0.6) is 0 Å². The fourth-order valence-corrected chi connectivity index (χ4v) is 5.45. The third kappa shape index (κ3) is 4.20. The number of piperidine rings is 1. The lowest BCUT2D eigenvalue weighted by atomic mass is 9.95. The summed E-state index contributed by atoms with van der Waals surface area (Å²) in [6.45, 7) is 5.15. The van der Waals surface area contributed by atoms with Crippen LogP contribution in [0.1, 0.15) is 39.9 Å². The highest BCUT2D eigenvalue weighted by molar-refractivity contribution is 5.96. The predicted octanol–water partition coefficient (Wildman–Crippen LogP) is 4.13. The number of hydrogen-bond donors (Lipinski definition) is 1. The molecule has 7 heteroatoms. The van der Waals surface area contributed by atoms with Gasteiger partial charge < -0.3 is 15.5 Å². The van der Waals surface area contributed by atoms with Crippen molar-refractivity contribution in [3.8, 4) is 11.1 Å². The summed E-state index contributed by atoms with van der Waals surface area (Å²) >= 11 is 0. The number of carbonyl (C=O) groups excluding carboxylic acids is 1. The molecule has 2 N–H and O–H groups in total. The molecule has 6 rings (SSSR count). The molecule has 0 unspecified atom stereocenters. The smallest absolute Gasteiger partial charge is 0.253 e. The molecule has 0 radical (unpaired) electrons. The van der Waals surface area contributed by atoms with E-state index < -0.39 is 0 Å². The van der Waals surface area contributed by atoms with Gasteiger partial charge in [-0.15, -0.1) is 0 Å². The van der Waals surface area contributed by atoms with E-state index in [0.717, 1.165) is 77.9 Å². The molecule has 182 valence electrons. The number of nitrogens with zero attached hydrogens (tertiary/aromatic N) is 5. The molecular formula is C29H30N6O. The first-order valence-electron chi connectivity index (χ1n) is 12.6. The standard InChI is InChI=1S/C29H30N6O/c1-19-14-23(21-4-9-31-10-5-21)16-26-27(19)32-18-33-28(26)35-11-6-20-2-3-22(15-24(20)17-35)29(36)34-12-7-25(30)8-13-34/h2-5,9-10,14-16,18,25H,6-8,11-13,17,30H2,1H3. The van der Waals surface area contributed by atoms with E-state index in [-0.39, 0.29) is 11.9 Å². The summed E-state index contributed by atoms with van der Waals surface area (Å²) in [7, 11) is 0. The molecule has 2 aliphatic rings. The van der Waals surface area contributed by atoms with Gasteiger partial charge in [-0.1, -0.05) is 6.07 Å². The third-order valence-corrected chi connectivity index (χ3v) is 7.51. The summed E-state index contributed by atoms with van der Waals surface area (Å²) in [6.07, 6.45) is 7.94. The Kier molecular flexibility index (Phi) is 5.85. The van der Waals surface area contributed by atoms with Gasteiger partial charge in [0.05, 0.1) is 5.52 Å². The predicted molar refractivity (Wildman–Crippen MR) is 142 cm³/mol. The molecule has 0 atom stereocenters. The van der Waals surface area contributed by atoms with Gasteiger partial charge in [0.25, 0.3) is 5.91 Å². The topological polar surface area (TPSA) is 88.2 Å². The lowest BCUT2D eigenvalue weighted by molar-refractivity contribution is 0.0714. The summed E-state index contributed by atoms with van der Waals surface area (Å²) in [5.74, 6) is 1.04. The van der Waals surface area contributed by atoms with E-state index >= 15 is 0 Å². The van der Waals surface area contributed by atoms with E-state index in [0.29, 0.717) is 6.54 Å². The highest BCUT2D eigenvalue weighted by Gasteiger charge is 2.25. The molecule has 36 heavy (non-hydrogen) atoms. The Morgan fingerprint density at radius 2 is 1.75 bits per heavy atom. The average Bonchev–Trinajstić information content (AvgIpc) is 2.92. The highest BCUT2D eigenvalue weighted by atomic mass is 16.2. The summed E-state index contributed by atoms with van der Waals surface area (Å²) in [6, 6.07) is 14.8. The zero-order valence-corrected chi connectivity index (χ0v) is 20.5. The molecule has 1 amide bonds. The van der Waals surface area contributed by atoms with Crippen molar-refractivity contribution in [2.24, 2.45) is 5.73 Å². The first-order valence-corrected chi connectivity index (χ1v) is 12.6. The first-order chi connectivity index (χ1) is 17.6. The van der Waals surface area contributed by atoms with Gasteiger partial charge in [0.15, 0.2) is 0 Å². The van der Waals surface area contributed by atoms with Crippen LogP contribution in [0.3, 0.4) is 0 Å². The van der Waals surface area contributed by atoms with E-state index in [1.54, 1.807) is 6.33 Å². The van der Waals surface area contributed by atoms with Crippen molar-refractivity contribution in [2.75, 3.05) is 24.5 Å². The number of nitrogens with two attached hydrogens (primary N) is 1. The number of likely N-dealkylation sites (tertiary alicyclic amines) is 1. The second-order valence-electron chi connectivity index (χ2n) is 9.91. The minimum Gasteiger partial charge on any atom is -0.351 e. The fraction of sp³-hybridized carbons (Fsp3) is 0.310. The van der Waals surface area contributed by atoms with E-state index in [4.69, 9.17) is 10.7 Å². The second kappa shape index (κ2) is 9.32. The third-order valence-electron chi connectivity index (χ3n) is 7.51. The highest BCUT2D eigenvalue weighted by Crippen LogP contribution is 2.33. The Morgan fingerprint density at radius 3 is 2.56 bits per heavy atom. The van der Waals surface area contributed by atoms with Crippen LogP contribution in [0.4, 0.5) is 5.82 Å². The van der Waals surface area contributed by atoms with Crippen molar-refractivity contribution >= 4 is 22.6 Å². The lowest BCUT2D eigenvalue weighted by Crippen LogP contribution is -2.43. The molecule has 0 saturated carbocycles. The number of carbonyl (C=O) groups is 1. The monoisotopic (exact) mass is 478 g/mol. The molecule has 7 nitrogen and oxygen atoms in total. The van der Waals surface area contributed by atoms with E-state index in [1.807, 2.05) is 35.5 Å². The van der Waals surface area contributed by atoms with Gasteiger partial charge in [-0.25, -0.2) is 9.97 Å². The Hall–Kier alpha value is -3.84. The van der Waals surface area contributed by atoms with Crippen LogP contribution in [0.25, 0.3) is 22.0 Å². The molecule has 4 heterocycles. The van der Waals surface area contributed by atoms with E-state index in [2.05, 4.69) is 46.1 Å². The van der Waals surface area contributed by atoms with E-state index in [9.17, 15) is 4.79 Å². The molecule has 2 aliphatic heterocycles. The quantitative estimate of drug-likeness (QED) is 0.476. The van der Waals surface area contributed by atoms with Gasteiger partial charge in [-0.3, -0.25) is 9.78 Å². The van der Waals surface area contributed by atoms with Crippen LogP contribution in [0, 0.1) is 6.92 Å². The zero-order valence-electron chi connectivity index (χ0n) is 20.5. The number of hydrogen-bond acceptors (Lipinski definition) is 6. The number of fused-ring (bicyclic) bond motifs is 2. The van der Waals surface area contributed by atoms with Crippen LogP contribution >= 0.6 is 0 Å². The van der Waals surface area contributed by atoms with Crippen molar-refractivity contribution < 1.29 is 4.79 Å². The SMILES string of the molecule is Cc1cc(-c2ccncc2)cc2c(N3CCc4ccc(C(=O)N5CCC(N)CC5)cc4C3)ncnc12. The van der Waals surface area contributed by atoms with Crippen molar-refractivity contribution in [1.29, 1.82) is 0 Å². The van der Waals surface area contributed by atoms with Crippen LogP contribution in [0.2, 0.25) is 0 Å². The molecule has 0 aliphatic carbocycles. The molecule has 0 spiro atoms. The number of aryl methyl sites for hydroxylation is 1. The van der Waals surface area contributed by atoms with Gasteiger partial charge in [-0.2, -0.15) is 0 Å². The Balaban J connectivity index is 1.32. The lowest BCUT2D eigenvalue weighted by Gasteiger charge is -2.32. The molecule has 1 saturated heterocycles. The molecule has 1 fully saturated rings. The normalized spacial score (nSPS) is 16.3.